The molecule has 3 N–H and O–H groups in total. The molecule has 1 saturated heterocycles. The van der Waals surface area contributed by atoms with Gasteiger partial charge in [-0.1, -0.05) is 30.3 Å². The van der Waals surface area contributed by atoms with Gasteiger partial charge in [0.2, 0.25) is 23.6 Å². The Kier molecular flexibility index (Phi) is 11.7. The summed E-state index contributed by atoms with van der Waals surface area (Å²) in [7, 11) is 2.45. The van der Waals surface area contributed by atoms with Crippen molar-refractivity contribution in [2.45, 2.75) is 70.1 Å². The van der Waals surface area contributed by atoms with E-state index < -0.39 is 59.7 Å². The van der Waals surface area contributed by atoms with Crippen molar-refractivity contribution >= 4 is 35.6 Å². The Morgan fingerprint density at radius 3 is 2.24 bits per heavy atom. The molecular weight excluding hydrogens is 496 g/mol. The van der Waals surface area contributed by atoms with Crippen molar-refractivity contribution in [1.29, 1.82) is 0 Å². The molecule has 0 aliphatic carbocycles. The maximum absolute atomic E-state index is 13.1. The minimum atomic E-state index is -0.967. The van der Waals surface area contributed by atoms with Crippen LogP contribution in [-0.4, -0.2) is 85.4 Å². The van der Waals surface area contributed by atoms with Gasteiger partial charge in [-0.05, 0) is 32.3 Å². The van der Waals surface area contributed by atoms with Crippen LogP contribution < -0.4 is 16.0 Å². The molecule has 4 amide bonds. The molecule has 1 aliphatic heterocycles. The summed E-state index contributed by atoms with van der Waals surface area (Å²) in [6.07, 6.45) is 0.963. The number of ether oxygens (including phenoxy) is 2. The molecule has 208 valence electrons. The monoisotopic (exact) mass is 532 g/mol. The largest absolute Gasteiger partial charge is 0.469 e. The van der Waals surface area contributed by atoms with E-state index in [1.807, 2.05) is 30.3 Å². The minimum Gasteiger partial charge on any atom is -0.469 e. The number of likely N-dealkylation sites (tertiary alicyclic amines) is 1. The lowest BCUT2D eigenvalue weighted by molar-refractivity contribution is -0.146. The van der Waals surface area contributed by atoms with Gasteiger partial charge in [0, 0.05) is 19.4 Å². The first-order valence-electron chi connectivity index (χ1n) is 12.5. The average Bonchev–Trinajstić information content (AvgIpc) is 3.41. The quantitative estimate of drug-likeness (QED) is 0.313. The molecule has 1 heterocycles. The van der Waals surface area contributed by atoms with Gasteiger partial charge in [0.15, 0.2) is 0 Å². The highest BCUT2D eigenvalue weighted by Gasteiger charge is 2.38. The van der Waals surface area contributed by atoms with Crippen molar-refractivity contribution in [3.8, 4) is 0 Å². The molecule has 38 heavy (non-hydrogen) atoms. The fourth-order valence-corrected chi connectivity index (χ4v) is 4.10. The number of amides is 4. The number of methoxy groups -OCH3 is 2. The van der Waals surface area contributed by atoms with Crippen LogP contribution in [0.2, 0.25) is 0 Å². The van der Waals surface area contributed by atoms with Gasteiger partial charge in [0.1, 0.15) is 24.2 Å². The van der Waals surface area contributed by atoms with E-state index in [-0.39, 0.29) is 19.3 Å². The van der Waals surface area contributed by atoms with Crippen molar-refractivity contribution in [3.05, 3.63) is 35.9 Å². The van der Waals surface area contributed by atoms with Crippen LogP contribution in [0.5, 0.6) is 0 Å². The lowest BCUT2D eigenvalue weighted by Gasteiger charge is -2.29. The third-order valence-electron chi connectivity index (χ3n) is 6.21. The molecule has 0 aromatic heterocycles. The van der Waals surface area contributed by atoms with Crippen LogP contribution in [0.1, 0.15) is 45.1 Å². The summed E-state index contributed by atoms with van der Waals surface area (Å²) in [5, 5.41) is 7.73. The Hall–Kier alpha value is -3.96. The molecule has 0 saturated carbocycles. The van der Waals surface area contributed by atoms with E-state index in [1.165, 1.54) is 33.0 Å². The zero-order valence-electron chi connectivity index (χ0n) is 22.2. The molecule has 1 fully saturated rings. The van der Waals surface area contributed by atoms with Gasteiger partial charge >= 0.3 is 11.9 Å². The summed E-state index contributed by atoms with van der Waals surface area (Å²) in [5.41, 5.74) is 0.838. The Balaban J connectivity index is 1.95. The van der Waals surface area contributed by atoms with E-state index in [2.05, 4.69) is 20.7 Å². The van der Waals surface area contributed by atoms with E-state index in [0.717, 1.165) is 5.56 Å². The molecule has 1 aromatic carbocycles. The molecule has 1 aliphatic rings. The Bertz CT molecular complexity index is 1020. The number of nitrogens with zero attached hydrogens (tertiary/aromatic N) is 1. The number of benzene rings is 1. The highest BCUT2D eigenvalue weighted by molar-refractivity contribution is 5.95. The lowest BCUT2D eigenvalue weighted by atomic mass is 10.1. The van der Waals surface area contributed by atoms with Gasteiger partial charge in [0.25, 0.3) is 0 Å². The van der Waals surface area contributed by atoms with E-state index >= 15 is 0 Å². The summed E-state index contributed by atoms with van der Waals surface area (Å²) in [6, 6.07) is 5.52. The van der Waals surface area contributed by atoms with Gasteiger partial charge in [-0.2, -0.15) is 0 Å². The summed E-state index contributed by atoms with van der Waals surface area (Å²) in [6.45, 7) is 3.26. The highest BCUT2D eigenvalue weighted by atomic mass is 16.5. The Labute approximate surface area is 221 Å². The van der Waals surface area contributed by atoms with Crippen LogP contribution in [-0.2, 0) is 44.7 Å². The topological polar surface area (TPSA) is 160 Å². The van der Waals surface area contributed by atoms with E-state index in [1.54, 1.807) is 0 Å². The Morgan fingerprint density at radius 2 is 1.61 bits per heavy atom. The molecular formula is C26H36N4O8. The van der Waals surface area contributed by atoms with Crippen molar-refractivity contribution in [2.75, 3.05) is 20.8 Å². The number of carbonyl (C=O) groups is 6. The maximum Gasteiger partial charge on any atom is 0.328 e. The maximum atomic E-state index is 13.1. The SMILES string of the molecule is COC(=O)CCC(=O)N[C@@H](C)C(=O)N[C@@H](C)C(=O)N1CCC[C@H]1C(=O)N[C@@H](Cc1ccccc1)C(=O)OC. The first kappa shape index (κ1) is 30.3. The molecule has 4 atom stereocenters. The predicted molar refractivity (Wildman–Crippen MR) is 135 cm³/mol. The predicted octanol–water partition coefficient (Wildman–Crippen LogP) is -0.159. The van der Waals surface area contributed by atoms with Crippen LogP contribution in [0.25, 0.3) is 0 Å². The number of rotatable bonds is 12. The highest BCUT2D eigenvalue weighted by Crippen LogP contribution is 2.19. The van der Waals surface area contributed by atoms with Crippen molar-refractivity contribution in [3.63, 3.8) is 0 Å². The number of nitrogens with one attached hydrogen (secondary N) is 3. The molecule has 12 nitrogen and oxygen atoms in total. The first-order valence-corrected chi connectivity index (χ1v) is 12.5. The van der Waals surface area contributed by atoms with Crippen LogP contribution in [0.15, 0.2) is 30.3 Å². The van der Waals surface area contributed by atoms with Gasteiger partial charge < -0.3 is 30.3 Å². The smallest absolute Gasteiger partial charge is 0.328 e. The zero-order chi connectivity index (χ0) is 28.2. The van der Waals surface area contributed by atoms with Crippen molar-refractivity contribution < 1.29 is 38.2 Å². The van der Waals surface area contributed by atoms with Crippen LogP contribution in [0, 0.1) is 0 Å². The van der Waals surface area contributed by atoms with Gasteiger partial charge in [-0.15, -0.1) is 0 Å². The number of esters is 2. The zero-order valence-corrected chi connectivity index (χ0v) is 22.2. The number of hydrogen-bond donors (Lipinski definition) is 3. The molecule has 0 spiro atoms. The van der Waals surface area contributed by atoms with Crippen molar-refractivity contribution in [2.24, 2.45) is 0 Å². The van der Waals surface area contributed by atoms with Gasteiger partial charge in [-0.3, -0.25) is 24.0 Å². The number of carbonyl (C=O) groups excluding carboxylic acids is 6. The number of hydrogen-bond acceptors (Lipinski definition) is 8. The second-order valence-electron chi connectivity index (χ2n) is 9.06. The molecule has 12 heteroatoms. The molecule has 0 radical (unpaired) electrons. The average molecular weight is 533 g/mol. The second kappa shape index (κ2) is 14.7. The van der Waals surface area contributed by atoms with Crippen LogP contribution in [0.4, 0.5) is 0 Å². The van der Waals surface area contributed by atoms with Crippen LogP contribution >= 0.6 is 0 Å². The minimum absolute atomic E-state index is 0.119. The second-order valence-corrected chi connectivity index (χ2v) is 9.06. The normalized spacial score (nSPS) is 16.9. The first-order chi connectivity index (χ1) is 18.1. The summed E-state index contributed by atoms with van der Waals surface area (Å²) in [5.74, 6) is -3.18. The van der Waals surface area contributed by atoms with Crippen molar-refractivity contribution in [1.82, 2.24) is 20.9 Å². The third-order valence-corrected chi connectivity index (χ3v) is 6.21. The molecule has 2 rings (SSSR count). The fourth-order valence-electron chi connectivity index (χ4n) is 4.10. The molecule has 0 unspecified atom stereocenters. The van der Waals surface area contributed by atoms with Gasteiger partial charge in [-0.25, -0.2) is 4.79 Å². The summed E-state index contributed by atoms with van der Waals surface area (Å²) >= 11 is 0. The molecule has 0 bridgehead atoms. The lowest BCUT2D eigenvalue weighted by Crippen LogP contribution is -2.56. The van der Waals surface area contributed by atoms with E-state index in [9.17, 15) is 28.8 Å². The standard InChI is InChI=1S/C26H36N4O8/c1-16(27-21(31)12-13-22(32)37-3)23(33)28-17(2)25(35)30-14-8-11-20(30)24(34)29-19(26(36)38-4)15-18-9-6-5-7-10-18/h5-7,9-10,16-17,19-20H,8,11-15H2,1-4H3,(H,27,31)(H,28,33)(H,29,34)/t16-,17-,19-,20-/m0/s1. The summed E-state index contributed by atoms with van der Waals surface area (Å²) in [4.78, 5) is 75.6. The van der Waals surface area contributed by atoms with E-state index in [0.29, 0.717) is 19.4 Å². The molecule has 1 aromatic rings. The Morgan fingerprint density at radius 1 is 0.921 bits per heavy atom. The van der Waals surface area contributed by atoms with Crippen LogP contribution in [0.3, 0.4) is 0 Å². The van der Waals surface area contributed by atoms with E-state index in [4.69, 9.17) is 4.74 Å². The fraction of sp³-hybridized carbons (Fsp3) is 0.538. The third kappa shape index (κ3) is 8.86. The summed E-state index contributed by atoms with van der Waals surface area (Å²) < 4.78 is 9.33. The van der Waals surface area contributed by atoms with Gasteiger partial charge in [0.05, 0.1) is 20.6 Å².